The van der Waals surface area contributed by atoms with E-state index in [0.29, 0.717) is 6.42 Å². The molecule has 4 aromatic rings. The average molecular weight is 467 g/mol. The van der Waals surface area contributed by atoms with Gasteiger partial charge in [0, 0.05) is 41.4 Å². The zero-order valence-corrected chi connectivity index (χ0v) is 19.9. The van der Waals surface area contributed by atoms with Gasteiger partial charge in [0.05, 0.1) is 24.2 Å². The van der Waals surface area contributed by atoms with Crippen LogP contribution in [-0.2, 0) is 16.0 Å². The van der Waals surface area contributed by atoms with Gasteiger partial charge in [0.25, 0.3) is 0 Å². The van der Waals surface area contributed by atoms with Gasteiger partial charge in [-0.05, 0) is 60.2 Å². The number of hydrogen-bond donors (Lipinski definition) is 2. The monoisotopic (exact) mass is 466 g/mol. The van der Waals surface area contributed by atoms with Gasteiger partial charge in [0.2, 0.25) is 5.91 Å². The lowest BCUT2D eigenvalue weighted by molar-refractivity contribution is -0.116. The summed E-state index contributed by atoms with van der Waals surface area (Å²) in [5, 5.41) is 8.66. The number of carbonyl (C=O) groups excluding carboxylic acids is 2. The van der Waals surface area contributed by atoms with Gasteiger partial charge in [0.1, 0.15) is 5.69 Å². The van der Waals surface area contributed by atoms with E-state index in [1.165, 1.54) is 7.11 Å². The van der Waals surface area contributed by atoms with Crippen molar-refractivity contribution in [2.45, 2.75) is 32.7 Å². The maximum absolute atomic E-state index is 12.4. The lowest BCUT2D eigenvalue weighted by Gasteiger charge is -2.19. The largest absolute Gasteiger partial charge is 0.464 e. The first-order valence-corrected chi connectivity index (χ1v) is 11.6. The van der Waals surface area contributed by atoms with Crippen LogP contribution < -0.4 is 10.6 Å². The Kier molecular flexibility index (Phi) is 5.91. The van der Waals surface area contributed by atoms with Gasteiger partial charge in [-0.3, -0.25) is 9.78 Å². The summed E-state index contributed by atoms with van der Waals surface area (Å²) in [6.07, 6.45) is 4.77. The first-order chi connectivity index (χ1) is 17.0. The second-order valence-electron chi connectivity index (χ2n) is 8.74. The number of carbonyl (C=O) groups is 2. The third-order valence-electron chi connectivity index (χ3n) is 6.27. The average Bonchev–Trinajstić information content (AvgIpc) is 3.03. The van der Waals surface area contributed by atoms with Crippen molar-refractivity contribution < 1.29 is 14.3 Å². The first-order valence-electron chi connectivity index (χ1n) is 11.6. The number of hydrogen-bond acceptors (Lipinski definition) is 6. The minimum absolute atomic E-state index is 0.0130. The van der Waals surface area contributed by atoms with Crippen LogP contribution in [0.2, 0.25) is 0 Å². The summed E-state index contributed by atoms with van der Waals surface area (Å²) in [5.74, 6) is -0.459. The fourth-order valence-electron chi connectivity index (χ4n) is 4.48. The normalized spacial score (nSPS) is 15.1. The number of aryl methyl sites for hydroxylation is 1. The molecule has 2 N–H and O–H groups in total. The van der Waals surface area contributed by atoms with Crippen LogP contribution in [0.15, 0.2) is 60.9 Å². The maximum atomic E-state index is 12.4. The standard InChI is InChI=1S/C28H26N4O3/c1-4-17-11-21(27-25(12-17)32-26(33)10-16(2)31-27)20-7-5-6-18-13-24(30-15-22(18)20)19-8-9-23(29-14-19)28(34)35-3/h5-9,11-16,31H,4,10H2,1-3H3,(H,32,33)/t16-/m1/s1. The van der Waals surface area contributed by atoms with Crippen LogP contribution in [0.1, 0.15) is 36.3 Å². The maximum Gasteiger partial charge on any atom is 0.356 e. The molecule has 0 saturated carbocycles. The molecule has 0 bridgehead atoms. The van der Waals surface area contributed by atoms with Gasteiger partial charge in [-0.15, -0.1) is 0 Å². The predicted molar refractivity (Wildman–Crippen MR) is 137 cm³/mol. The zero-order valence-electron chi connectivity index (χ0n) is 19.9. The topological polar surface area (TPSA) is 93.2 Å². The highest BCUT2D eigenvalue weighted by Crippen LogP contribution is 2.41. The van der Waals surface area contributed by atoms with Crippen LogP contribution in [0.4, 0.5) is 11.4 Å². The number of esters is 1. The van der Waals surface area contributed by atoms with E-state index in [9.17, 15) is 9.59 Å². The molecule has 0 aliphatic carbocycles. The Hall–Kier alpha value is -4.26. The van der Waals surface area contributed by atoms with E-state index in [4.69, 9.17) is 9.72 Å². The SMILES string of the molecule is CCc1cc2c(c(-c3cccc4cc(-c5ccc(C(=O)OC)nc5)ncc34)c1)N[C@H](C)CC(=O)N2. The molecule has 7 heteroatoms. The number of ether oxygens (including phenoxy) is 1. The molecule has 35 heavy (non-hydrogen) atoms. The third-order valence-corrected chi connectivity index (χ3v) is 6.27. The summed E-state index contributed by atoms with van der Waals surface area (Å²) in [6.45, 7) is 4.12. The van der Waals surface area contributed by atoms with Crippen LogP contribution in [0.5, 0.6) is 0 Å². The Morgan fingerprint density at radius 2 is 1.94 bits per heavy atom. The van der Waals surface area contributed by atoms with Crippen molar-refractivity contribution in [1.82, 2.24) is 9.97 Å². The van der Waals surface area contributed by atoms with Crippen LogP contribution in [-0.4, -0.2) is 35.0 Å². The molecule has 0 unspecified atom stereocenters. The van der Waals surface area contributed by atoms with Gasteiger partial charge >= 0.3 is 5.97 Å². The molecule has 1 aliphatic rings. The van der Waals surface area contributed by atoms with Crippen molar-refractivity contribution in [1.29, 1.82) is 0 Å². The second kappa shape index (κ2) is 9.18. The molecular weight excluding hydrogens is 440 g/mol. The highest BCUT2D eigenvalue weighted by Gasteiger charge is 2.22. The summed E-state index contributed by atoms with van der Waals surface area (Å²) in [5.41, 5.74) is 6.80. The minimum atomic E-state index is -0.472. The van der Waals surface area contributed by atoms with Gasteiger partial charge < -0.3 is 15.4 Å². The van der Waals surface area contributed by atoms with Crippen LogP contribution in [0, 0.1) is 0 Å². The van der Waals surface area contributed by atoms with E-state index in [1.54, 1.807) is 12.3 Å². The molecule has 2 aromatic heterocycles. The number of aromatic nitrogens is 2. The van der Waals surface area contributed by atoms with E-state index in [1.807, 2.05) is 37.4 Å². The first kappa shape index (κ1) is 22.5. The second-order valence-corrected chi connectivity index (χ2v) is 8.74. The van der Waals surface area contributed by atoms with Crippen molar-refractivity contribution in [3.63, 3.8) is 0 Å². The number of methoxy groups -OCH3 is 1. The smallest absolute Gasteiger partial charge is 0.356 e. The van der Waals surface area contributed by atoms with E-state index in [2.05, 4.69) is 40.7 Å². The highest BCUT2D eigenvalue weighted by molar-refractivity contribution is 6.05. The van der Waals surface area contributed by atoms with Gasteiger partial charge in [0.15, 0.2) is 0 Å². The van der Waals surface area contributed by atoms with Crippen LogP contribution >= 0.6 is 0 Å². The molecular formula is C28H26N4O3. The third kappa shape index (κ3) is 4.33. The van der Waals surface area contributed by atoms with E-state index in [-0.39, 0.29) is 17.6 Å². The van der Waals surface area contributed by atoms with Crippen molar-refractivity contribution in [3.05, 3.63) is 72.2 Å². The van der Waals surface area contributed by atoms with Crippen molar-refractivity contribution in [2.75, 3.05) is 17.7 Å². The Morgan fingerprint density at radius 3 is 2.69 bits per heavy atom. The number of nitrogens with one attached hydrogen (secondary N) is 2. The highest BCUT2D eigenvalue weighted by atomic mass is 16.5. The predicted octanol–water partition coefficient (Wildman–Crippen LogP) is 5.46. The Morgan fingerprint density at radius 1 is 1.09 bits per heavy atom. The summed E-state index contributed by atoms with van der Waals surface area (Å²) in [6, 6.07) is 15.9. The fraction of sp³-hybridized carbons (Fsp3) is 0.214. The Labute approximate surface area is 203 Å². The van der Waals surface area contributed by atoms with Crippen LogP contribution in [0.25, 0.3) is 33.2 Å². The fourth-order valence-corrected chi connectivity index (χ4v) is 4.48. The Balaban J connectivity index is 1.62. The molecule has 3 heterocycles. The lowest BCUT2D eigenvalue weighted by Crippen LogP contribution is -2.19. The van der Waals surface area contributed by atoms with Crippen molar-refractivity contribution >= 4 is 34.0 Å². The summed E-state index contributed by atoms with van der Waals surface area (Å²) < 4.78 is 4.73. The number of pyridine rings is 2. The van der Waals surface area contributed by atoms with Gasteiger partial charge in [-0.1, -0.05) is 25.1 Å². The molecule has 0 radical (unpaired) electrons. The van der Waals surface area contributed by atoms with E-state index >= 15 is 0 Å². The van der Waals surface area contributed by atoms with Crippen LogP contribution in [0.3, 0.4) is 0 Å². The summed E-state index contributed by atoms with van der Waals surface area (Å²) >= 11 is 0. The summed E-state index contributed by atoms with van der Waals surface area (Å²) in [4.78, 5) is 33.0. The molecule has 1 amide bonds. The minimum Gasteiger partial charge on any atom is -0.464 e. The lowest BCUT2D eigenvalue weighted by atomic mass is 9.94. The van der Waals surface area contributed by atoms with E-state index < -0.39 is 5.97 Å². The number of fused-ring (bicyclic) bond motifs is 2. The molecule has 176 valence electrons. The molecule has 1 aliphatic heterocycles. The number of amides is 1. The zero-order chi connectivity index (χ0) is 24.5. The Bertz CT molecular complexity index is 1450. The van der Waals surface area contributed by atoms with Gasteiger partial charge in [-0.2, -0.15) is 0 Å². The molecule has 5 rings (SSSR count). The molecule has 2 aromatic carbocycles. The molecule has 0 fully saturated rings. The molecule has 7 nitrogen and oxygen atoms in total. The number of anilines is 2. The molecule has 0 saturated heterocycles. The molecule has 1 atom stereocenters. The number of nitrogens with zero attached hydrogens (tertiary/aromatic N) is 2. The summed E-state index contributed by atoms with van der Waals surface area (Å²) in [7, 11) is 1.33. The van der Waals surface area contributed by atoms with Crippen molar-refractivity contribution in [2.24, 2.45) is 0 Å². The van der Waals surface area contributed by atoms with E-state index in [0.717, 1.165) is 56.5 Å². The molecule has 0 spiro atoms. The van der Waals surface area contributed by atoms with Crippen molar-refractivity contribution in [3.8, 4) is 22.4 Å². The number of rotatable bonds is 4. The van der Waals surface area contributed by atoms with Gasteiger partial charge in [-0.25, -0.2) is 9.78 Å². The quantitative estimate of drug-likeness (QED) is 0.388. The number of benzene rings is 2.